The van der Waals surface area contributed by atoms with Gasteiger partial charge in [-0.25, -0.2) is 0 Å². The van der Waals surface area contributed by atoms with Gasteiger partial charge >= 0.3 is 0 Å². The van der Waals surface area contributed by atoms with Crippen molar-refractivity contribution in [2.45, 2.75) is 58.4 Å². The summed E-state index contributed by atoms with van der Waals surface area (Å²) < 4.78 is 9.48. The third-order valence-electron chi connectivity index (χ3n) is 3.45. The lowest BCUT2D eigenvalue weighted by molar-refractivity contribution is -0.646. The maximum Gasteiger partial charge on any atom is 0.202 e. The zero-order valence-electron chi connectivity index (χ0n) is 12.6. The minimum absolute atomic E-state index is 0.239. The van der Waals surface area contributed by atoms with Gasteiger partial charge in [-0.2, -0.15) is 0 Å². The van der Waals surface area contributed by atoms with E-state index in [0.29, 0.717) is 10.4 Å². The monoisotopic (exact) mass is 262 g/mol. The Morgan fingerprint density at radius 2 is 1.95 bits per heavy atom. The molecule has 1 heterocycles. The number of rotatable bonds is 8. The van der Waals surface area contributed by atoms with E-state index in [0.717, 1.165) is 18.5 Å². The van der Waals surface area contributed by atoms with Crippen LogP contribution in [0.2, 0.25) is 0 Å². The fourth-order valence-corrected chi connectivity index (χ4v) is 2.36. The molecule has 0 saturated heterocycles. The van der Waals surface area contributed by atoms with Gasteiger partial charge < -0.3 is 5.21 Å². The zero-order chi connectivity index (χ0) is 14.4. The number of hydrogen-bond donors (Lipinski definition) is 0. The minimum Gasteiger partial charge on any atom is -0.691 e. The summed E-state index contributed by atoms with van der Waals surface area (Å²) in [7, 11) is 0. The Labute approximate surface area is 116 Å². The van der Waals surface area contributed by atoms with Crippen LogP contribution in [-0.4, -0.2) is 9.90 Å². The Morgan fingerprint density at radius 1 is 1.21 bits per heavy atom. The van der Waals surface area contributed by atoms with E-state index in [2.05, 4.69) is 12.1 Å². The smallest absolute Gasteiger partial charge is 0.202 e. The van der Waals surface area contributed by atoms with Crippen LogP contribution in [-0.2, 0) is 6.54 Å². The number of aryl methyl sites for hydroxylation is 1. The van der Waals surface area contributed by atoms with E-state index in [9.17, 15) is 5.21 Å². The number of benzene rings is 1. The van der Waals surface area contributed by atoms with Crippen molar-refractivity contribution < 1.29 is 6.22 Å². The summed E-state index contributed by atoms with van der Waals surface area (Å²) >= 11 is 0. The van der Waals surface area contributed by atoms with Gasteiger partial charge in [-0.15, -0.1) is 9.53 Å². The van der Waals surface area contributed by atoms with Crippen molar-refractivity contribution >= 4 is 11.0 Å². The van der Waals surface area contributed by atoms with Gasteiger partial charge in [0, 0.05) is 0 Å². The number of aromatic nitrogens is 3. The molecule has 0 unspecified atom stereocenters. The minimum atomic E-state index is 0.239. The molecular weight excluding hydrogens is 238 g/mol. The van der Waals surface area contributed by atoms with E-state index in [1.807, 2.05) is 6.07 Å². The first-order valence-corrected chi connectivity index (χ1v) is 7.30. The van der Waals surface area contributed by atoms with E-state index in [1.54, 1.807) is 16.8 Å². The second kappa shape index (κ2) is 7.12. The van der Waals surface area contributed by atoms with Gasteiger partial charge in [0.25, 0.3) is 0 Å². The van der Waals surface area contributed by atoms with Crippen LogP contribution < -0.4 is 4.85 Å². The lowest BCUT2D eigenvalue weighted by Crippen LogP contribution is -2.29. The highest BCUT2D eigenvalue weighted by molar-refractivity contribution is 5.70. The SMILES string of the molecule is [2H]c1cccc2c1[n+]([O-])nn2CCCCCCCCC. The first kappa shape index (κ1) is 12.5. The number of hydrogen-bond acceptors (Lipinski definition) is 2. The van der Waals surface area contributed by atoms with Gasteiger partial charge in [-0.1, -0.05) is 51.2 Å². The van der Waals surface area contributed by atoms with Gasteiger partial charge in [-0.05, 0) is 25.0 Å². The van der Waals surface area contributed by atoms with Gasteiger partial charge in [0.2, 0.25) is 5.52 Å². The van der Waals surface area contributed by atoms with Crippen molar-refractivity contribution in [2.75, 3.05) is 0 Å². The molecule has 0 amide bonds. The molecule has 4 nitrogen and oxygen atoms in total. The zero-order valence-corrected chi connectivity index (χ0v) is 11.6. The average Bonchev–Trinajstić information content (AvgIpc) is 2.76. The lowest BCUT2D eigenvalue weighted by atomic mass is 10.1. The van der Waals surface area contributed by atoms with Crippen molar-refractivity contribution in [1.29, 1.82) is 0 Å². The van der Waals surface area contributed by atoms with Crippen LogP contribution in [0.3, 0.4) is 0 Å². The van der Waals surface area contributed by atoms with Gasteiger partial charge in [0.05, 0.1) is 6.58 Å². The summed E-state index contributed by atoms with van der Waals surface area (Å²) in [6, 6.07) is 5.52. The van der Waals surface area contributed by atoms with Gasteiger partial charge in [0.15, 0.2) is 5.52 Å². The van der Waals surface area contributed by atoms with Crippen molar-refractivity contribution in [3.63, 3.8) is 0 Å². The number of para-hydroxylation sites is 2. The number of nitrogens with zero attached hydrogens (tertiary/aromatic N) is 3. The van der Waals surface area contributed by atoms with Crippen LogP contribution >= 0.6 is 0 Å². The highest BCUT2D eigenvalue weighted by atomic mass is 16.5. The molecule has 0 atom stereocenters. The normalized spacial score (nSPS) is 11.9. The molecule has 104 valence electrons. The maximum absolute atomic E-state index is 11.7. The molecule has 0 N–H and O–H groups in total. The largest absolute Gasteiger partial charge is 0.691 e. The molecule has 2 rings (SSSR count). The van der Waals surface area contributed by atoms with Crippen LogP contribution in [0.1, 0.15) is 53.2 Å². The molecule has 0 aliphatic heterocycles. The van der Waals surface area contributed by atoms with E-state index >= 15 is 0 Å². The van der Waals surface area contributed by atoms with Crippen LogP contribution in [0.4, 0.5) is 0 Å². The first-order valence-electron chi connectivity index (χ1n) is 7.80. The molecule has 0 aliphatic rings. The molecule has 0 radical (unpaired) electrons. The molecule has 0 aliphatic carbocycles. The molecule has 0 bridgehead atoms. The van der Waals surface area contributed by atoms with Gasteiger partial charge in [-0.3, -0.25) is 0 Å². The van der Waals surface area contributed by atoms with Crippen molar-refractivity contribution in [1.82, 2.24) is 9.90 Å². The fourth-order valence-electron chi connectivity index (χ4n) is 2.36. The number of unbranched alkanes of at least 4 members (excludes halogenated alkanes) is 6. The number of fused-ring (bicyclic) bond motifs is 1. The molecule has 19 heavy (non-hydrogen) atoms. The van der Waals surface area contributed by atoms with Crippen LogP contribution in [0.25, 0.3) is 11.0 Å². The van der Waals surface area contributed by atoms with Crippen molar-refractivity contribution in [3.8, 4) is 0 Å². The molecule has 1 aromatic heterocycles. The second-order valence-corrected chi connectivity index (χ2v) is 5.01. The van der Waals surface area contributed by atoms with E-state index in [4.69, 9.17) is 1.37 Å². The van der Waals surface area contributed by atoms with Crippen molar-refractivity contribution in [3.05, 3.63) is 29.4 Å². The first-order chi connectivity index (χ1) is 9.74. The standard InChI is InChI=1S/C15H23N3O/c1-2-3-4-5-6-7-10-13-17-14-11-8-9-12-15(14)18(19)16-17/h8-9,11-12H,2-7,10,13H2,1H3/i12D. The third kappa shape index (κ3) is 3.69. The van der Waals surface area contributed by atoms with Crippen molar-refractivity contribution in [2.24, 2.45) is 0 Å². The lowest BCUT2D eigenvalue weighted by Gasteiger charge is -1.99. The summed E-state index contributed by atoms with van der Waals surface area (Å²) in [5, 5.41) is 15.6. The predicted molar refractivity (Wildman–Crippen MR) is 76.7 cm³/mol. The molecule has 1 aromatic carbocycles. The Hall–Kier alpha value is -1.58. The summed E-state index contributed by atoms with van der Waals surface area (Å²) in [5.74, 6) is 0. The van der Waals surface area contributed by atoms with E-state index in [1.165, 1.54) is 38.5 Å². The highest BCUT2D eigenvalue weighted by Gasteiger charge is 2.12. The van der Waals surface area contributed by atoms with E-state index < -0.39 is 0 Å². The molecule has 0 saturated carbocycles. The molecule has 4 heteroatoms. The molecule has 0 spiro atoms. The summed E-state index contributed by atoms with van der Waals surface area (Å²) in [6.07, 6.45) is 8.68. The van der Waals surface area contributed by atoms with Crippen LogP contribution in [0.15, 0.2) is 24.2 Å². The Morgan fingerprint density at radius 3 is 2.74 bits per heavy atom. The van der Waals surface area contributed by atoms with Crippen LogP contribution in [0.5, 0.6) is 0 Å². The highest BCUT2D eigenvalue weighted by Crippen LogP contribution is 2.11. The summed E-state index contributed by atoms with van der Waals surface area (Å²) in [5.41, 5.74) is 1.13. The quantitative estimate of drug-likeness (QED) is 0.415. The third-order valence-corrected chi connectivity index (χ3v) is 3.45. The topological polar surface area (TPSA) is 44.8 Å². The molecule has 2 aromatic rings. The van der Waals surface area contributed by atoms with Gasteiger partial charge in [0.1, 0.15) is 6.54 Å². The fraction of sp³-hybridized carbons (Fsp3) is 0.600. The maximum atomic E-state index is 11.7. The predicted octanol–water partition coefficient (Wildman–Crippen LogP) is 3.42. The van der Waals surface area contributed by atoms with E-state index in [-0.39, 0.29) is 6.04 Å². The average molecular weight is 262 g/mol. The Kier molecular flexibility index (Phi) is 4.67. The molecule has 0 fully saturated rings. The Bertz CT molecular complexity index is 553. The summed E-state index contributed by atoms with van der Waals surface area (Å²) in [4.78, 5) is 0.568. The van der Waals surface area contributed by atoms with Crippen LogP contribution in [0, 0.1) is 5.21 Å². The Balaban J connectivity index is 1.86. The summed E-state index contributed by atoms with van der Waals surface area (Å²) in [6.45, 7) is 2.98. The second-order valence-electron chi connectivity index (χ2n) is 5.01. The molecular formula is C15H23N3O.